The van der Waals surface area contributed by atoms with Crippen molar-refractivity contribution >= 4 is 31.9 Å². The zero-order chi connectivity index (χ0) is 8.97. The third kappa shape index (κ3) is 2.35. The van der Waals surface area contributed by atoms with E-state index in [2.05, 4.69) is 47.1 Å². The predicted octanol–water partition coefficient (Wildman–Crippen LogP) is 3.19. The fraction of sp³-hybridized carbons (Fsp3) is 0.286. The van der Waals surface area contributed by atoms with E-state index in [1.165, 1.54) is 0 Å². The topological polar surface area (TPSA) is 37.6 Å². The summed E-state index contributed by atoms with van der Waals surface area (Å²) < 4.78 is 1.90. The van der Waals surface area contributed by atoms with Crippen LogP contribution in [0.5, 0.6) is 0 Å². The lowest BCUT2D eigenvalue weighted by Gasteiger charge is -2.01. The van der Waals surface area contributed by atoms with Gasteiger partial charge in [0.15, 0.2) is 0 Å². The van der Waals surface area contributed by atoms with E-state index in [4.69, 9.17) is 0 Å². The molecule has 0 bridgehead atoms. The molecule has 0 spiro atoms. The Kier molecular flexibility index (Phi) is 3.81. The van der Waals surface area contributed by atoms with Gasteiger partial charge in [-0.2, -0.15) is 10.2 Å². The number of rotatable bonds is 2. The first-order valence-corrected chi connectivity index (χ1v) is 4.87. The number of hydrogen-bond donors (Lipinski definition) is 0. The molecule has 1 aromatic rings. The molecule has 0 aromatic carbocycles. The summed E-state index contributed by atoms with van der Waals surface area (Å²) in [5.41, 5.74) is 1.07. The van der Waals surface area contributed by atoms with Crippen molar-refractivity contribution < 1.29 is 0 Å². The summed E-state index contributed by atoms with van der Waals surface area (Å²) in [7, 11) is 1.66. The average molecular weight is 293 g/mol. The molecule has 0 N–H and O–H groups in total. The Balaban J connectivity index is 2.96. The SMILES string of the molecule is CN=NCc1c(Br)cncc1Br. The van der Waals surface area contributed by atoms with Crippen LogP contribution in [-0.4, -0.2) is 12.0 Å². The van der Waals surface area contributed by atoms with Crippen LogP contribution in [0.25, 0.3) is 0 Å². The van der Waals surface area contributed by atoms with Crippen molar-refractivity contribution in [3.05, 3.63) is 26.9 Å². The maximum atomic E-state index is 3.99. The van der Waals surface area contributed by atoms with E-state index >= 15 is 0 Å². The number of pyridine rings is 1. The van der Waals surface area contributed by atoms with Crippen LogP contribution in [0.4, 0.5) is 0 Å². The van der Waals surface area contributed by atoms with Crippen LogP contribution in [-0.2, 0) is 6.54 Å². The molecule has 0 unspecified atom stereocenters. The maximum Gasteiger partial charge on any atom is 0.0872 e. The van der Waals surface area contributed by atoms with E-state index in [1.54, 1.807) is 19.4 Å². The van der Waals surface area contributed by atoms with E-state index in [1.807, 2.05) is 0 Å². The molecule has 1 heterocycles. The van der Waals surface area contributed by atoms with Crippen molar-refractivity contribution in [2.24, 2.45) is 10.2 Å². The highest BCUT2D eigenvalue weighted by molar-refractivity contribution is 9.11. The molecule has 0 fully saturated rings. The van der Waals surface area contributed by atoms with Crippen molar-refractivity contribution in [2.75, 3.05) is 7.05 Å². The van der Waals surface area contributed by atoms with Gasteiger partial charge < -0.3 is 0 Å². The Morgan fingerprint density at radius 2 is 1.92 bits per heavy atom. The van der Waals surface area contributed by atoms with Crippen LogP contribution < -0.4 is 0 Å². The second-order valence-electron chi connectivity index (χ2n) is 2.08. The summed E-state index contributed by atoms with van der Waals surface area (Å²) in [6.07, 6.45) is 3.48. The number of aromatic nitrogens is 1. The molecule has 0 amide bonds. The second kappa shape index (κ2) is 4.67. The Labute approximate surface area is 87.6 Å². The molecule has 0 aliphatic carbocycles. The van der Waals surface area contributed by atoms with Gasteiger partial charge in [0.05, 0.1) is 6.54 Å². The van der Waals surface area contributed by atoms with E-state index in [-0.39, 0.29) is 0 Å². The molecule has 3 nitrogen and oxygen atoms in total. The first kappa shape index (κ1) is 9.80. The highest BCUT2D eigenvalue weighted by Crippen LogP contribution is 2.24. The monoisotopic (exact) mass is 291 g/mol. The number of hydrogen-bond acceptors (Lipinski definition) is 3. The standard InChI is InChI=1S/C7H7Br2N3/c1-10-12-2-5-6(8)3-11-4-7(5)9/h3-4H,2H2,1H3. The number of nitrogens with zero attached hydrogens (tertiary/aromatic N) is 3. The van der Waals surface area contributed by atoms with E-state index in [9.17, 15) is 0 Å². The van der Waals surface area contributed by atoms with Gasteiger partial charge in [0.2, 0.25) is 0 Å². The summed E-state index contributed by atoms with van der Waals surface area (Å²) in [4.78, 5) is 3.99. The van der Waals surface area contributed by atoms with E-state index in [0.717, 1.165) is 14.5 Å². The molecular formula is C7H7Br2N3. The summed E-state index contributed by atoms with van der Waals surface area (Å²) in [5, 5.41) is 7.58. The third-order valence-electron chi connectivity index (χ3n) is 1.32. The van der Waals surface area contributed by atoms with Gasteiger partial charge in [-0.05, 0) is 31.9 Å². The predicted molar refractivity (Wildman–Crippen MR) is 54.1 cm³/mol. The first-order valence-electron chi connectivity index (χ1n) is 3.29. The molecule has 12 heavy (non-hydrogen) atoms. The van der Waals surface area contributed by atoms with Crippen molar-refractivity contribution in [2.45, 2.75) is 6.54 Å². The molecule has 0 saturated carbocycles. The van der Waals surface area contributed by atoms with Gasteiger partial charge >= 0.3 is 0 Å². The zero-order valence-corrected chi connectivity index (χ0v) is 9.63. The summed E-state index contributed by atoms with van der Waals surface area (Å²) in [6.45, 7) is 0.570. The molecule has 0 atom stereocenters. The molecule has 0 aliphatic heterocycles. The smallest absolute Gasteiger partial charge is 0.0872 e. The zero-order valence-electron chi connectivity index (χ0n) is 6.46. The van der Waals surface area contributed by atoms with Crippen molar-refractivity contribution in [1.82, 2.24) is 4.98 Å². The van der Waals surface area contributed by atoms with Crippen molar-refractivity contribution in [3.8, 4) is 0 Å². The fourth-order valence-electron chi connectivity index (χ4n) is 0.731. The quantitative estimate of drug-likeness (QED) is 0.772. The minimum atomic E-state index is 0.570. The Morgan fingerprint density at radius 1 is 1.33 bits per heavy atom. The normalized spacial score (nSPS) is 10.9. The van der Waals surface area contributed by atoms with Gasteiger partial charge in [-0.1, -0.05) is 0 Å². The lowest BCUT2D eigenvalue weighted by Crippen LogP contribution is -1.87. The van der Waals surface area contributed by atoms with Crippen LogP contribution in [0.3, 0.4) is 0 Å². The van der Waals surface area contributed by atoms with Gasteiger partial charge in [0.1, 0.15) is 0 Å². The van der Waals surface area contributed by atoms with E-state index in [0.29, 0.717) is 6.54 Å². The van der Waals surface area contributed by atoms with Crippen LogP contribution >= 0.6 is 31.9 Å². The summed E-state index contributed by atoms with van der Waals surface area (Å²) in [6, 6.07) is 0. The fourth-order valence-corrected chi connectivity index (χ4v) is 1.91. The van der Waals surface area contributed by atoms with Gasteiger partial charge in [0, 0.05) is 34.0 Å². The minimum absolute atomic E-state index is 0.570. The Bertz CT molecular complexity index is 278. The van der Waals surface area contributed by atoms with Crippen LogP contribution in [0.2, 0.25) is 0 Å². The molecule has 0 saturated heterocycles. The summed E-state index contributed by atoms with van der Waals surface area (Å²) in [5.74, 6) is 0. The summed E-state index contributed by atoms with van der Waals surface area (Å²) >= 11 is 6.77. The largest absolute Gasteiger partial charge is 0.262 e. The Hall–Kier alpha value is -0.290. The molecule has 1 rings (SSSR count). The Morgan fingerprint density at radius 3 is 2.42 bits per heavy atom. The van der Waals surface area contributed by atoms with Crippen LogP contribution in [0, 0.1) is 0 Å². The first-order chi connectivity index (χ1) is 5.75. The number of azo groups is 1. The third-order valence-corrected chi connectivity index (χ3v) is 2.69. The molecular weight excluding hydrogens is 286 g/mol. The van der Waals surface area contributed by atoms with Gasteiger partial charge in [-0.3, -0.25) is 4.98 Å². The number of halogens is 2. The molecule has 0 aliphatic rings. The average Bonchev–Trinajstić information content (AvgIpc) is 2.04. The molecule has 1 aromatic heterocycles. The highest BCUT2D eigenvalue weighted by Gasteiger charge is 2.03. The van der Waals surface area contributed by atoms with E-state index < -0.39 is 0 Å². The lowest BCUT2D eigenvalue weighted by molar-refractivity contribution is 0.920. The van der Waals surface area contributed by atoms with Crippen molar-refractivity contribution in [3.63, 3.8) is 0 Å². The van der Waals surface area contributed by atoms with Gasteiger partial charge in [-0.25, -0.2) is 0 Å². The van der Waals surface area contributed by atoms with Crippen molar-refractivity contribution in [1.29, 1.82) is 0 Å². The molecule has 64 valence electrons. The van der Waals surface area contributed by atoms with Crippen LogP contribution in [0.1, 0.15) is 5.56 Å². The molecule has 5 heteroatoms. The van der Waals surface area contributed by atoms with Gasteiger partial charge in [0.25, 0.3) is 0 Å². The lowest BCUT2D eigenvalue weighted by atomic mass is 10.3. The minimum Gasteiger partial charge on any atom is -0.262 e. The second-order valence-corrected chi connectivity index (χ2v) is 3.79. The maximum absolute atomic E-state index is 3.99. The highest BCUT2D eigenvalue weighted by atomic mass is 79.9. The van der Waals surface area contributed by atoms with Gasteiger partial charge in [-0.15, -0.1) is 0 Å². The molecule has 0 radical (unpaired) electrons. The van der Waals surface area contributed by atoms with Crippen LogP contribution in [0.15, 0.2) is 31.6 Å².